The molecule has 3 N–H and O–H groups in total. The predicted molar refractivity (Wildman–Crippen MR) is 80.5 cm³/mol. The molecule has 0 spiro atoms. The molecule has 0 aliphatic heterocycles. The topological polar surface area (TPSA) is 38.0 Å². The maximum absolute atomic E-state index is 5.61. The second kappa shape index (κ2) is 5.36. The normalized spacial score (nSPS) is 23.6. The maximum Gasteiger partial charge on any atom is 0.104 e. The largest absolute Gasteiger partial charge is 0.389 e. The van der Waals surface area contributed by atoms with E-state index in [0.29, 0.717) is 11.0 Å². The SMILES string of the molecule is CC1CCCC1Nc1ccc(C(N)=S)cc1Br. The summed E-state index contributed by atoms with van der Waals surface area (Å²) < 4.78 is 1.03. The summed E-state index contributed by atoms with van der Waals surface area (Å²) in [5.41, 5.74) is 7.64. The molecule has 0 heterocycles. The van der Waals surface area contributed by atoms with Crippen LogP contribution in [-0.4, -0.2) is 11.0 Å². The molecule has 0 radical (unpaired) electrons. The molecule has 4 heteroatoms. The first-order valence-electron chi connectivity index (χ1n) is 5.94. The lowest BCUT2D eigenvalue weighted by molar-refractivity contribution is 0.556. The van der Waals surface area contributed by atoms with Gasteiger partial charge in [-0.05, 0) is 52.9 Å². The van der Waals surface area contributed by atoms with Gasteiger partial charge < -0.3 is 11.1 Å². The standard InChI is InChI=1S/C13H17BrN2S/c1-8-3-2-4-11(8)16-12-6-5-9(13(15)17)7-10(12)14/h5-8,11,16H,2-4H2,1H3,(H2,15,17). The van der Waals surface area contributed by atoms with Crippen LogP contribution >= 0.6 is 28.1 Å². The summed E-state index contributed by atoms with van der Waals surface area (Å²) in [6, 6.07) is 6.57. The Labute approximate surface area is 116 Å². The molecule has 92 valence electrons. The van der Waals surface area contributed by atoms with Crippen LogP contribution in [0.3, 0.4) is 0 Å². The second-order valence-electron chi connectivity index (χ2n) is 4.72. The predicted octanol–water partition coefficient (Wildman–Crippen LogP) is 3.68. The molecule has 0 amide bonds. The fourth-order valence-corrected chi connectivity index (χ4v) is 2.97. The number of thiocarbonyl (C=S) groups is 1. The first-order valence-corrected chi connectivity index (χ1v) is 7.14. The third-order valence-corrected chi connectivity index (χ3v) is 4.35. The van der Waals surface area contributed by atoms with Gasteiger partial charge in [-0.2, -0.15) is 0 Å². The number of benzene rings is 1. The Kier molecular flexibility index (Phi) is 4.05. The smallest absolute Gasteiger partial charge is 0.104 e. The van der Waals surface area contributed by atoms with Crippen molar-refractivity contribution in [2.75, 3.05) is 5.32 Å². The average Bonchev–Trinajstić information content (AvgIpc) is 2.67. The summed E-state index contributed by atoms with van der Waals surface area (Å²) in [6.07, 6.45) is 3.90. The van der Waals surface area contributed by atoms with Gasteiger partial charge in [0.05, 0.1) is 0 Å². The molecule has 2 unspecified atom stereocenters. The van der Waals surface area contributed by atoms with Crippen molar-refractivity contribution < 1.29 is 0 Å². The van der Waals surface area contributed by atoms with E-state index in [-0.39, 0.29) is 0 Å². The zero-order valence-electron chi connectivity index (χ0n) is 9.87. The minimum atomic E-state index is 0.437. The molecule has 2 rings (SSSR count). The number of hydrogen-bond acceptors (Lipinski definition) is 2. The lowest BCUT2D eigenvalue weighted by Gasteiger charge is -2.20. The fraction of sp³-hybridized carbons (Fsp3) is 0.462. The number of rotatable bonds is 3. The van der Waals surface area contributed by atoms with Crippen LogP contribution in [0.4, 0.5) is 5.69 Å². The zero-order valence-corrected chi connectivity index (χ0v) is 12.3. The fourth-order valence-electron chi connectivity index (χ4n) is 2.35. The molecular formula is C13H17BrN2S. The van der Waals surface area contributed by atoms with E-state index in [1.807, 2.05) is 18.2 Å². The van der Waals surface area contributed by atoms with E-state index in [0.717, 1.165) is 21.6 Å². The second-order valence-corrected chi connectivity index (χ2v) is 6.01. The Morgan fingerprint density at radius 3 is 2.76 bits per heavy atom. The van der Waals surface area contributed by atoms with Crippen molar-refractivity contribution in [1.82, 2.24) is 0 Å². The molecular weight excluding hydrogens is 296 g/mol. The number of hydrogen-bond donors (Lipinski definition) is 2. The van der Waals surface area contributed by atoms with Gasteiger partial charge >= 0.3 is 0 Å². The molecule has 1 aliphatic rings. The summed E-state index contributed by atoms with van der Waals surface area (Å²) in [5.74, 6) is 0.747. The van der Waals surface area contributed by atoms with Crippen molar-refractivity contribution in [3.05, 3.63) is 28.2 Å². The summed E-state index contributed by atoms with van der Waals surface area (Å²) in [6.45, 7) is 2.31. The van der Waals surface area contributed by atoms with Crippen LogP contribution in [0.5, 0.6) is 0 Å². The van der Waals surface area contributed by atoms with Crippen LogP contribution in [0.1, 0.15) is 31.7 Å². The quantitative estimate of drug-likeness (QED) is 0.836. The van der Waals surface area contributed by atoms with Crippen LogP contribution in [-0.2, 0) is 0 Å². The van der Waals surface area contributed by atoms with E-state index in [1.54, 1.807) is 0 Å². The third-order valence-electron chi connectivity index (χ3n) is 3.46. The van der Waals surface area contributed by atoms with Crippen LogP contribution in [0.15, 0.2) is 22.7 Å². The van der Waals surface area contributed by atoms with Crippen molar-refractivity contribution >= 4 is 38.8 Å². The van der Waals surface area contributed by atoms with Gasteiger partial charge in [-0.15, -0.1) is 0 Å². The first-order chi connectivity index (χ1) is 8.08. The van der Waals surface area contributed by atoms with Crippen LogP contribution in [0.2, 0.25) is 0 Å². The minimum Gasteiger partial charge on any atom is -0.389 e. The van der Waals surface area contributed by atoms with Gasteiger partial charge in [-0.3, -0.25) is 0 Å². The van der Waals surface area contributed by atoms with Gasteiger partial charge in [0, 0.05) is 21.8 Å². The molecule has 1 saturated carbocycles. The Bertz CT molecular complexity index is 433. The highest BCUT2D eigenvalue weighted by Gasteiger charge is 2.23. The monoisotopic (exact) mass is 312 g/mol. The Balaban J connectivity index is 2.14. The van der Waals surface area contributed by atoms with E-state index in [1.165, 1.54) is 19.3 Å². The van der Waals surface area contributed by atoms with Crippen molar-refractivity contribution in [3.63, 3.8) is 0 Å². The van der Waals surface area contributed by atoms with Gasteiger partial charge in [0.1, 0.15) is 4.99 Å². The van der Waals surface area contributed by atoms with Crippen LogP contribution in [0.25, 0.3) is 0 Å². The average molecular weight is 313 g/mol. The molecule has 1 aromatic carbocycles. The molecule has 1 fully saturated rings. The lowest BCUT2D eigenvalue weighted by Crippen LogP contribution is -2.22. The summed E-state index contributed by atoms with van der Waals surface area (Å²) in [4.78, 5) is 0.437. The highest BCUT2D eigenvalue weighted by atomic mass is 79.9. The van der Waals surface area contributed by atoms with Gasteiger partial charge in [0.25, 0.3) is 0 Å². The molecule has 0 aromatic heterocycles. The highest BCUT2D eigenvalue weighted by molar-refractivity contribution is 9.10. The lowest BCUT2D eigenvalue weighted by atomic mass is 10.1. The van der Waals surface area contributed by atoms with Crippen LogP contribution in [0, 0.1) is 5.92 Å². The van der Waals surface area contributed by atoms with Gasteiger partial charge in [0.15, 0.2) is 0 Å². The molecule has 0 bridgehead atoms. The summed E-state index contributed by atoms with van der Waals surface area (Å²) in [7, 11) is 0. The van der Waals surface area contributed by atoms with Crippen molar-refractivity contribution in [2.24, 2.45) is 11.7 Å². The van der Waals surface area contributed by atoms with E-state index >= 15 is 0 Å². The minimum absolute atomic E-state index is 0.437. The maximum atomic E-state index is 5.61. The Morgan fingerprint density at radius 2 is 2.24 bits per heavy atom. The van der Waals surface area contributed by atoms with Crippen molar-refractivity contribution in [1.29, 1.82) is 0 Å². The molecule has 2 nitrogen and oxygen atoms in total. The van der Waals surface area contributed by atoms with Gasteiger partial charge in [0.2, 0.25) is 0 Å². The zero-order chi connectivity index (χ0) is 12.4. The molecule has 1 aliphatic carbocycles. The molecule has 2 atom stereocenters. The number of halogens is 1. The summed E-state index contributed by atoms with van der Waals surface area (Å²) >= 11 is 8.53. The van der Waals surface area contributed by atoms with Crippen molar-refractivity contribution in [3.8, 4) is 0 Å². The Morgan fingerprint density at radius 1 is 1.47 bits per heavy atom. The molecule has 0 saturated heterocycles. The van der Waals surface area contributed by atoms with Gasteiger partial charge in [-0.25, -0.2) is 0 Å². The highest BCUT2D eigenvalue weighted by Crippen LogP contribution is 2.31. The van der Waals surface area contributed by atoms with Crippen molar-refractivity contribution in [2.45, 2.75) is 32.2 Å². The van der Waals surface area contributed by atoms with E-state index in [2.05, 4.69) is 28.2 Å². The number of nitrogens with two attached hydrogens (primary N) is 1. The molecule has 1 aromatic rings. The summed E-state index contributed by atoms with van der Waals surface area (Å²) in [5, 5.41) is 3.59. The van der Waals surface area contributed by atoms with Crippen LogP contribution < -0.4 is 11.1 Å². The molecule has 17 heavy (non-hydrogen) atoms. The van der Waals surface area contributed by atoms with E-state index < -0.39 is 0 Å². The number of anilines is 1. The Hall–Kier alpha value is -0.610. The van der Waals surface area contributed by atoms with E-state index in [4.69, 9.17) is 18.0 Å². The van der Waals surface area contributed by atoms with Gasteiger partial charge in [-0.1, -0.05) is 25.6 Å². The third kappa shape index (κ3) is 2.99. The first kappa shape index (κ1) is 12.8. The number of nitrogens with one attached hydrogen (secondary N) is 1. The van der Waals surface area contributed by atoms with E-state index in [9.17, 15) is 0 Å².